The average molecular weight is 578 g/mol. The van der Waals surface area contributed by atoms with E-state index in [9.17, 15) is 26.4 Å². The fourth-order valence-electron chi connectivity index (χ4n) is 4.92. The van der Waals surface area contributed by atoms with Gasteiger partial charge in [-0.15, -0.1) is 0 Å². The van der Waals surface area contributed by atoms with Gasteiger partial charge in [-0.25, -0.2) is 13.4 Å². The van der Waals surface area contributed by atoms with Crippen molar-refractivity contribution in [3.63, 3.8) is 0 Å². The summed E-state index contributed by atoms with van der Waals surface area (Å²) in [6.45, 7) is 2.59. The monoisotopic (exact) mass is 577 g/mol. The first-order valence-corrected chi connectivity index (χ1v) is 14.8. The maximum absolute atomic E-state index is 13.0. The van der Waals surface area contributed by atoms with Crippen molar-refractivity contribution in [3.05, 3.63) is 23.0 Å². The number of pyridine rings is 1. The lowest BCUT2D eigenvalue weighted by Crippen LogP contribution is -2.34. The van der Waals surface area contributed by atoms with Crippen LogP contribution in [0.4, 0.5) is 19.0 Å². The number of aromatic nitrogens is 3. The number of ether oxygens (including phenoxy) is 1. The quantitative estimate of drug-likeness (QED) is 0.456. The van der Waals surface area contributed by atoms with Gasteiger partial charge >= 0.3 is 6.18 Å². The van der Waals surface area contributed by atoms with Crippen LogP contribution in [0.3, 0.4) is 0 Å². The van der Waals surface area contributed by atoms with E-state index < -0.39 is 33.9 Å². The van der Waals surface area contributed by atoms with Gasteiger partial charge in [0.1, 0.15) is 21.4 Å². The second-order valence-corrected chi connectivity index (χ2v) is 12.6. The van der Waals surface area contributed by atoms with Gasteiger partial charge in [0.25, 0.3) is 5.91 Å². The molecule has 38 heavy (non-hydrogen) atoms. The molecule has 4 rings (SSSR count). The number of alkyl halides is 3. The zero-order valence-electron chi connectivity index (χ0n) is 21.3. The van der Waals surface area contributed by atoms with Crippen LogP contribution in [0.15, 0.2) is 12.3 Å². The normalized spacial score (nSPS) is 23.7. The molecule has 2 aromatic rings. The van der Waals surface area contributed by atoms with Crippen molar-refractivity contribution in [2.75, 3.05) is 25.2 Å². The number of halogens is 4. The Morgan fingerprint density at radius 1 is 1.26 bits per heavy atom. The third kappa shape index (κ3) is 6.19. The molecule has 2 unspecified atom stereocenters. The molecular weight excluding hydrogens is 547 g/mol. The molecule has 2 aliphatic rings. The Kier molecular flexibility index (Phi) is 8.17. The Labute approximate surface area is 224 Å². The van der Waals surface area contributed by atoms with E-state index in [1.54, 1.807) is 4.68 Å². The van der Waals surface area contributed by atoms with Crippen molar-refractivity contribution in [1.82, 2.24) is 20.1 Å². The smallest absolute Gasteiger partial charge is 0.393 e. The number of methoxy groups -OCH3 is 1. The van der Waals surface area contributed by atoms with Crippen molar-refractivity contribution in [2.24, 2.45) is 11.8 Å². The predicted octanol–water partition coefficient (Wildman–Crippen LogP) is 4.32. The number of hydrogen-bond donors (Lipinski definition) is 2. The van der Waals surface area contributed by atoms with Gasteiger partial charge in [-0.1, -0.05) is 11.6 Å². The Morgan fingerprint density at radius 2 is 1.95 bits per heavy atom. The number of nitrogens with one attached hydrogen (secondary N) is 2. The van der Waals surface area contributed by atoms with Crippen LogP contribution in [0.1, 0.15) is 49.5 Å². The fraction of sp³-hybridized carbons (Fsp3) is 0.625. The number of nitrogens with zero attached hydrogens (tertiary/aromatic N) is 3. The molecule has 0 spiro atoms. The molecule has 2 atom stereocenters. The molecule has 2 N–H and O–H groups in total. The Morgan fingerprint density at radius 3 is 2.50 bits per heavy atom. The van der Waals surface area contributed by atoms with Crippen LogP contribution in [0, 0.1) is 11.8 Å². The highest BCUT2D eigenvalue weighted by Gasteiger charge is 2.56. The first-order valence-electron chi connectivity index (χ1n) is 12.4. The van der Waals surface area contributed by atoms with Gasteiger partial charge in [-0.3, -0.25) is 9.48 Å². The largest absolute Gasteiger partial charge is 0.496 e. The first-order chi connectivity index (χ1) is 17.8. The molecule has 2 aromatic heterocycles. The number of carbonyl (C=O) groups is 1. The summed E-state index contributed by atoms with van der Waals surface area (Å²) in [6, 6.07) is 0.760. The molecule has 0 bridgehead atoms. The number of aryl methyl sites for hydroxylation is 1. The van der Waals surface area contributed by atoms with Gasteiger partial charge in [0.15, 0.2) is 5.69 Å². The van der Waals surface area contributed by atoms with Crippen molar-refractivity contribution in [2.45, 2.75) is 63.0 Å². The molecule has 0 aliphatic heterocycles. The maximum atomic E-state index is 13.0. The van der Waals surface area contributed by atoms with Crippen molar-refractivity contribution in [1.29, 1.82) is 0 Å². The Hall–Kier alpha value is -2.54. The number of carbonyl (C=O) groups excluding carboxylic acids is 1. The van der Waals surface area contributed by atoms with Crippen LogP contribution in [0.25, 0.3) is 11.3 Å². The summed E-state index contributed by atoms with van der Waals surface area (Å²) in [5.74, 6) is -1.13. The van der Waals surface area contributed by atoms with Crippen LogP contribution in [-0.2, 0) is 16.4 Å². The van der Waals surface area contributed by atoms with Crippen molar-refractivity contribution in [3.8, 4) is 17.0 Å². The summed E-state index contributed by atoms with van der Waals surface area (Å²) in [7, 11) is -1.64. The van der Waals surface area contributed by atoms with Crippen LogP contribution in [0.2, 0.25) is 5.02 Å². The molecule has 210 valence electrons. The molecular formula is C24H31ClF3N5O4S. The highest BCUT2D eigenvalue weighted by atomic mass is 35.5. The van der Waals surface area contributed by atoms with Gasteiger partial charge < -0.3 is 15.4 Å². The number of anilines is 1. The summed E-state index contributed by atoms with van der Waals surface area (Å²) < 4.78 is 69.2. The molecule has 2 heterocycles. The predicted molar refractivity (Wildman–Crippen MR) is 137 cm³/mol. The summed E-state index contributed by atoms with van der Waals surface area (Å²) in [4.78, 5) is 17.2. The third-order valence-corrected chi connectivity index (χ3v) is 9.29. The minimum atomic E-state index is -4.25. The topological polar surface area (TPSA) is 115 Å². The van der Waals surface area contributed by atoms with E-state index >= 15 is 0 Å². The van der Waals surface area contributed by atoms with E-state index in [2.05, 4.69) is 20.7 Å². The molecule has 2 aliphatic carbocycles. The highest BCUT2D eigenvalue weighted by Crippen LogP contribution is 2.46. The zero-order valence-corrected chi connectivity index (χ0v) is 22.9. The maximum Gasteiger partial charge on any atom is 0.393 e. The first kappa shape index (κ1) is 28.5. The van der Waals surface area contributed by atoms with Crippen LogP contribution in [-0.4, -0.2) is 66.5 Å². The van der Waals surface area contributed by atoms with E-state index in [-0.39, 0.29) is 34.1 Å². The lowest BCUT2D eigenvalue weighted by molar-refractivity contribution is -0.147. The van der Waals surface area contributed by atoms with Gasteiger partial charge in [0.2, 0.25) is 0 Å². The molecule has 0 aromatic carbocycles. The van der Waals surface area contributed by atoms with Crippen molar-refractivity contribution >= 4 is 33.2 Å². The summed E-state index contributed by atoms with van der Waals surface area (Å²) >= 11 is 6.63. The lowest BCUT2D eigenvalue weighted by Gasteiger charge is -2.27. The number of sulfone groups is 1. The highest BCUT2D eigenvalue weighted by molar-refractivity contribution is 7.91. The zero-order chi connectivity index (χ0) is 27.8. The molecule has 1 amide bonds. The van der Waals surface area contributed by atoms with Gasteiger partial charge in [0, 0.05) is 37.7 Å². The standard InChI is InChI=1S/C24H31ClF3N5O4S/c1-4-33-22(15-12-29-19(10-18(15)37-2)31-17-9-16(17)24(26,27)28)20(25)21(32-33)23(34)30-11-13-5-7-14(8-6-13)38(3,35)36/h10,12-14,16-17H,4-9,11H2,1-3H3,(H,29,31)(H,30,34). The molecule has 0 radical (unpaired) electrons. The number of hydrogen-bond acceptors (Lipinski definition) is 7. The van der Waals surface area contributed by atoms with E-state index in [1.165, 1.54) is 25.6 Å². The molecule has 9 nitrogen and oxygen atoms in total. The summed E-state index contributed by atoms with van der Waals surface area (Å²) in [5.41, 5.74) is 0.880. The van der Waals surface area contributed by atoms with E-state index in [0.717, 1.165) is 0 Å². The molecule has 2 fully saturated rings. The number of amides is 1. The minimum absolute atomic E-state index is 0.0126. The third-order valence-electron chi connectivity index (χ3n) is 7.25. The van der Waals surface area contributed by atoms with Crippen LogP contribution in [0.5, 0.6) is 5.75 Å². The lowest BCUT2D eigenvalue weighted by atomic mass is 9.89. The second-order valence-electron chi connectivity index (χ2n) is 9.91. The van der Waals surface area contributed by atoms with Crippen LogP contribution < -0.4 is 15.4 Å². The van der Waals surface area contributed by atoms with Gasteiger partial charge in [0.05, 0.1) is 34.6 Å². The van der Waals surface area contributed by atoms with E-state index in [0.29, 0.717) is 55.8 Å². The average Bonchev–Trinajstić information content (AvgIpc) is 3.57. The number of rotatable bonds is 9. The molecule has 2 saturated carbocycles. The Bertz CT molecular complexity index is 1290. The van der Waals surface area contributed by atoms with Gasteiger partial charge in [-0.2, -0.15) is 18.3 Å². The van der Waals surface area contributed by atoms with E-state index in [4.69, 9.17) is 16.3 Å². The van der Waals surface area contributed by atoms with E-state index in [1.807, 2.05) is 6.92 Å². The molecule has 0 saturated heterocycles. The fourth-order valence-corrected chi connectivity index (χ4v) is 6.38. The van der Waals surface area contributed by atoms with Gasteiger partial charge in [-0.05, 0) is 44.9 Å². The Balaban J connectivity index is 1.47. The summed E-state index contributed by atoms with van der Waals surface area (Å²) in [5, 5.41) is 9.80. The second kappa shape index (κ2) is 10.9. The summed E-state index contributed by atoms with van der Waals surface area (Å²) in [6.07, 6.45) is 0.977. The minimum Gasteiger partial charge on any atom is -0.496 e. The van der Waals surface area contributed by atoms with Crippen molar-refractivity contribution < 1.29 is 31.1 Å². The van der Waals surface area contributed by atoms with Crippen LogP contribution >= 0.6 is 11.6 Å². The molecule has 14 heteroatoms. The SMILES string of the molecule is CCn1nc(C(=O)NCC2CCC(S(C)(=O)=O)CC2)c(Cl)c1-c1cnc(NC2CC2C(F)(F)F)cc1OC.